The van der Waals surface area contributed by atoms with E-state index in [1.165, 1.54) is 4.90 Å². The molecule has 2 aliphatic heterocycles. The van der Waals surface area contributed by atoms with Gasteiger partial charge in [-0.2, -0.15) is 4.31 Å². The highest BCUT2D eigenvalue weighted by atomic mass is 32.2. The van der Waals surface area contributed by atoms with Crippen molar-refractivity contribution in [2.45, 2.75) is 50.3 Å². The number of piperidine rings is 1. The minimum Gasteiger partial charge on any atom is -0.494 e. The Kier molecular flexibility index (Phi) is 7.53. The first-order chi connectivity index (χ1) is 16.4. The van der Waals surface area contributed by atoms with Gasteiger partial charge in [0.05, 0.1) is 11.5 Å². The average Bonchev–Trinajstić information content (AvgIpc) is 2.99. The highest BCUT2D eigenvalue weighted by Gasteiger charge is 2.29. The zero-order valence-corrected chi connectivity index (χ0v) is 20.3. The molecule has 0 bridgehead atoms. The second-order valence-corrected chi connectivity index (χ2v) is 10.5. The third-order valence-corrected chi connectivity index (χ3v) is 8.08. The Hall–Kier alpha value is -2.91. The number of nitrogens with zero attached hydrogens (tertiary/aromatic N) is 2. The second-order valence-electron chi connectivity index (χ2n) is 8.59. The van der Waals surface area contributed by atoms with Crippen molar-refractivity contribution in [1.29, 1.82) is 0 Å². The highest BCUT2D eigenvalue weighted by molar-refractivity contribution is 7.89. The number of carbonyl (C=O) groups is 2. The zero-order chi connectivity index (χ0) is 24.1. The van der Waals surface area contributed by atoms with E-state index in [0.717, 1.165) is 24.8 Å². The lowest BCUT2D eigenvalue weighted by Gasteiger charge is -2.27. The number of ether oxygens (including phenoxy) is 1. The maximum atomic E-state index is 13.1. The van der Waals surface area contributed by atoms with E-state index in [2.05, 4.69) is 5.32 Å². The zero-order valence-electron chi connectivity index (χ0n) is 19.5. The summed E-state index contributed by atoms with van der Waals surface area (Å²) in [5.74, 6) is 0.245. The predicted octanol–water partition coefficient (Wildman–Crippen LogP) is 3.57. The molecule has 0 saturated carbocycles. The molecule has 2 heterocycles. The summed E-state index contributed by atoms with van der Waals surface area (Å²) in [6.45, 7) is 3.39. The molecule has 9 heteroatoms. The van der Waals surface area contributed by atoms with Gasteiger partial charge in [-0.25, -0.2) is 8.42 Å². The maximum Gasteiger partial charge on any atom is 0.244 e. The van der Waals surface area contributed by atoms with Crippen LogP contribution in [0.2, 0.25) is 0 Å². The number of rotatable bonds is 7. The van der Waals surface area contributed by atoms with E-state index < -0.39 is 10.0 Å². The summed E-state index contributed by atoms with van der Waals surface area (Å²) < 4.78 is 33.2. The Morgan fingerprint density at radius 2 is 1.74 bits per heavy atom. The van der Waals surface area contributed by atoms with Crippen molar-refractivity contribution in [3.05, 3.63) is 48.0 Å². The lowest BCUT2D eigenvalue weighted by molar-refractivity contribution is -0.121. The summed E-state index contributed by atoms with van der Waals surface area (Å²) in [6, 6.07) is 11.9. The van der Waals surface area contributed by atoms with Gasteiger partial charge in [0, 0.05) is 30.9 Å². The van der Waals surface area contributed by atoms with Gasteiger partial charge in [-0.15, -0.1) is 0 Å². The molecule has 0 radical (unpaired) electrons. The highest BCUT2D eigenvalue weighted by Crippen LogP contribution is 2.31. The van der Waals surface area contributed by atoms with E-state index in [4.69, 9.17) is 4.74 Å². The van der Waals surface area contributed by atoms with Crippen molar-refractivity contribution in [3.63, 3.8) is 0 Å². The average molecular weight is 486 g/mol. The first-order valence-electron chi connectivity index (χ1n) is 11.8. The van der Waals surface area contributed by atoms with Crippen LogP contribution in [0.25, 0.3) is 0 Å². The first kappa shape index (κ1) is 24.2. The Morgan fingerprint density at radius 3 is 2.44 bits per heavy atom. The summed E-state index contributed by atoms with van der Waals surface area (Å²) >= 11 is 0. The summed E-state index contributed by atoms with van der Waals surface area (Å²) in [4.78, 5) is 27.3. The third-order valence-electron chi connectivity index (χ3n) is 6.18. The molecule has 0 aliphatic carbocycles. The normalized spacial score (nSPS) is 17.1. The van der Waals surface area contributed by atoms with Crippen LogP contribution in [-0.2, 0) is 26.0 Å². The van der Waals surface area contributed by atoms with Gasteiger partial charge in [0.1, 0.15) is 12.3 Å². The molecule has 34 heavy (non-hydrogen) atoms. The Balaban J connectivity index is 1.52. The summed E-state index contributed by atoms with van der Waals surface area (Å²) in [5.41, 5.74) is 1.98. The maximum absolute atomic E-state index is 13.1. The van der Waals surface area contributed by atoms with Crippen LogP contribution in [0.4, 0.5) is 11.4 Å². The van der Waals surface area contributed by atoms with Gasteiger partial charge in [0.25, 0.3) is 0 Å². The molecule has 8 nitrogen and oxygen atoms in total. The molecule has 2 amide bonds. The summed E-state index contributed by atoms with van der Waals surface area (Å²) in [6.07, 6.45) is 4.29. The van der Waals surface area contributed by atoms with Crippen LogP contribution in [-0.4, -0.2) is 50.8 Å². The monoisotopic (exact) mass is 485 g/mol. The van der Waals surface area contributed by atoms with Crippen molar-refractivity contribution in [2.75, 3.05) is 36.5 Å². The van der Waals surface area contributed by atoms with E-state index in [0.29, 0.717) is 56.1 Å². The van der Waals surface area contributed by atoms with Gasteiger partial charge >= 0.3 is 0 Å². The van der Waals surface area contributed by atoms with Crippen LogP contribution in [0.1, 0.15) is 44.6 Å². The van der Waals surface area contributed by atoms with Gasteiger partial charge < -0.3 is 15.0 Å². The number of sulfonamides is 1. The fourth-order valence-electron chi connectivity index (χ4n) is 4.46. The Morgan fingerprint density at radius 1 is 1.00 bits per heavy atom. The van der Waals surface area contributed by atoms with Crippen LogP contribution in [0, 0.1) is 0 Å². The molecule has 1 N–H and O–H groups in total. The minimum absolute atomic E-state index is 0.142. The van der Waals surface area contributed by atoms with Crippen LogP contribution >= 0.6 is 0 Å². The number of aryl methyl sites for hydroxylation is 1. The molecule has 182 valence electrons. The smallest absolute Gasteiger partial charge is 0.244 e. The predicted molar refractivity (Wildman–Crippen MR) is 131 cm³/mol. The van der Waals surface area contributed by atoms with Gasteiger partial charge in [-0.05, 0) is 80.6 Å². The quantitative estimate of drug-likeness (QED) is 0.647. The molecule has 0 atom stereocenters. The Bertz CT molecular complexity index is 1140. The fraction of sp³-hybridized carbons (Fsp3) is 0.440. The number of benzene rings is 2. The molecule has 0 aromatic heterocycles. The van der Waals surface area contributed by atoms with E-state index in [9.17, 15) is 18.0 Å². The van der Waals surface area contributed by atoms with Gasteiger partial charge in [-0.1, -0.05) is 6.42 Å². The standard InChI is InChI=1S/C25H31N3O5S/c1-2-33-21-11-9-20(10-12-21)26-24(29)18-28-23-14-13-22(17-19(23)7-6-8-25(28)30)34(31,32)27-15-4-3-5-16-27/h9-14,17H,2-8,15-16,18H2,1H3,(H,26,29). The molecule has 2 aromatic rings. The second kappa shape index (κ2) is 10.6. The molecule has 0 unspecified atom stereocenters. The summed E-state index contributed by atoms with van der Waals surface area (Å²) in [7, 11) is -3.57. The number of hydrogen-bond acceptors (Lipinski definition) is 5. The van der Waals surface area contributed by atoms with Crippen molar-refractivity contribution in [2.24, 2.45) is 0 Å². The van der Waals surface area contributed by atoms with Gasteiger partial charge in [0.15, 0.2) is 0 Å². The molecule has 2 aromatic carbocycles. The van der Waals surface area contributed by atoms with Gasteiger partial charge in [-0.3, -0.25) is 9.59 Å². The third kappa shape index (κ3) is 5.42. The molecule has 4 rings (SSSR count). The number of fused-ring (bicyclic) bond motifs is 1. The van der Waals surface area contributed by atoms with Crippen molar-refractivity contribution in [3.8, 4) is 5.75 Å². The van der Waals surface area contributed by atoms with E-state index in [1.807, 2.05) is 6.92 Å². The number of hydrogen-bond donors (Lipinski definition) is 1. The number of anilines is 2. The molecule has 0 spiro atoms. The molecule has 2 aliphatic rings. The molecule has 1 saturated heterocycles. The minimum atomic E-state index is -3.57. The van der Waals surface area contributed by atoms with Crippen LogP contribution in [0.3, 0.4) is 0 Å². The number of nitrogens with one attached hydrogen (secondary N) is 1. The summed E-state index contributed by atoms with van der Waals surface area (Å²) in [5, 5.41) is 2.82. The van der Waals surface area contributed by atoms with E-state index >= 15 is 0 Å². The van der Waals surface area contributed by atoms with Crippen molar-refractivity contribution < 1.29 is 22.7 Å². The van der Waals surface area contributed by atoms with Crippen LogP contribution in [0.5, 0.6) is 5.75 Å². The van der Waals surface area contributed by atoms with Crippen LogP contribution < -0.4 is 15.0 Å². The molecule has 1 fully saturated rings. The lowest BCUT2D eigenvalue weighted by atomic mass is 10.1. The van der Waals surface area contributed by atoms with E-state index in [-0.39, 0.29) is 23.3 Å². The van der Waals surface area contributed by atoms with Crippen molar-refractivity contribution in [1.82, 2.24) is 4.31 Å². The SMILES string of the molecule is CCOc1ccc(NC(=O)CN2C(=O)CCCc3cc(S(=O)(=O)N4CCCCC4)ccc32)cc1. The Labute approximate surface area is 200 Å². The van der Waals surface area contributed by atoms with Gasteiger partial charge in [0.2, 0.25) is 21.8 Å². The molecular weight excluding hydrogens is 454 g/mol. The van der Waals surface area contributed by atoms with Crippen molar-refractivity contribution >= 4 is 33.2 Å². The first-order valence-corrected chi connectivity index (χ1v) is 13.3. The number of amides is 2. The number of carbonyl (C=O) groups excluding carboxylic acids is 2. The van der Waals surface area contributed by atoms with E-state index in [1.54, 1.807) is 46.8 Å². The molecular formula is C25H31N3O5S. The fourth-order valence-corrected chi connectivity index (χ4v) is 6.03. The largest absolute Gasteiger partial charge is 0.494 e. The van der Waals surface area contributed by atoms with Crippen LogP contribution in [0.15, 0.2) is 47.4 Å². The topological polar surface area (TPSA) is 96.0 Å². The lowest BCUT2D eigenvalue weighted by Crippen LogP contribution is -2.38.